The maximum Gasteiger partial charge on any atom is 0.216 e. The van der Waals surface area contributed by atoms with Gasteiger partial charge in [0.05, 0.1) is 12.9 Å². The van der Waals surface area contributed by atoms with Crippen LogP contribution in [0.15, 0.2) is 18.4 Å². The first-order valence-corrected chi connectivity index (χ1v) is 5.79. The average Bonchev–Trinajstić information content (AvgIpc) is 2.13. The van der Waals surface area contributed by atoms with Crippen molar-refractivity contribution in [2.24, 2.45) is 5.73 Å². The van der Waals surface area contributed by atoms with Crippen LogP contribution in [0, 0.1) is 0 Å². The van der Waals surface area contributed by atoms with Crippen LogP contribution >= 0.6 is 45.2 Å². The van der Waals surface area contributed by atoms with Crippen molar-refractivity contribution in [1.82, 2.24) is 0 Å². The molecule has 1 aliphatic carbocycles. The van der Waals surface area contributed by atoms with Crippen LogP contribution in [-0.4, -0.2) is 11.6 Å². The maximum atomic E-state index is 11.6. The number of halogens is 2. The van der Waals surface area contributed by atoms with Crippen LogP contribution < -0.4 is 5.73 Å². The Labute approximate surface area is 103 Å². The predicted octanol–water partition coefficient (Wildman–Crippen LogP) is 1.84. The number of carbonyl (C=O) groups is 2. The second-order valence-corrected chi connectivity index (χ2v) is 4.69. The highest BCUT2D eigenvalue weighted by molar-refractivity contribution is 14.1. The molecule has 5 heteroatoms. The fourth-order valence-corrected chi connectivity index (χ4v) is 2.51. The third kappa shape index (κ3) is 1.80. The zero-order chi connectivity index (χ0) is 10.2. The normalized spacial score (nSPS) is 18.7. The van der Waals surface area contributed by atoms with E-state index in [0.29, 0.717) is 19.2 Å². The Kier molecular flexibility index (Phi) is 3.50. The van der Waals surface area contributed by atoms with Gasteiger partial charge in [-0.2, -0.15) is 0 Å². The molecule has 0 spiro atoms. The molecule has 1 aliphatic rings. The first-order chi connectivity index (χ1) is 6.00. The molecule has 0 saturated carbocycles. The lowest BCUT2D eigenvalue weighted by Crippen LogP contribution is -2.23. The van der Waals surface area contributed by atoms with Gasteiger partial charge in [-0.1, -0.05) is 6.92 Å². The van der Waals surface area contributed by atoms with Gasteiger partial charge in [-0.25, -0.2) is 0 Å². The van der Waals surface area contributed by atoms with E-state index in [4.69, 9.17) is 5.73 Å². The quantitative estimate of drug-likeness (QED) is 0.537. The van der Waals surface area contributed by atoms with Gasteiger partial charge < -0.3 is 5.73 Å². The van der Waals surface area contributed by atoms with Crippen LogP contribution in [0.25, 0.3) is 0 Å². The second kappa shape index (κ2) is 4.07. The SMILES string of the molecule is CCC1=C(I)C(=O)C(N)=C(I)C1=O. The molecule has 0 fully saturated rings. The van der Waals surface area contributed by atoms with Crippen molar-refractivity contribution in [2.45, 2.75) is 13.3 Å². The van der Waals surface area contributed by atoms with Gasteiger partial charge in [0.2, 0.25) is 5.78 Å². The summed E-state index contributed by atoms with van der Waals surface area (Å²) in [7, 11) is 0. The standard InChI is InChI=1S/C8H7I2NO2/c1-2-3-4(9)8(13)6(11)5(10)7(3)12/h2,11H2,1H3. The van der Waals surface area contributed by atoms with Crippen LogP contribution in [0.1, 0.15) is 13.3 Å². The van der Waals surface area contributed by atoms with Crippen molar-refractivity contribution in [1.29, 1.82) is 0 Å². The van der Waals surface area contributed by atoms with E-state index in [9.17, 15) is 9.59 Å². The highest BCUT2D eigenvalue weighted by atomic mass is 127. The summed E-state index contributed by atoms with van der Waals surface area (Å²) < 4.78 is 0.808. The molecule has 0 aromatic rings. The minimum absolute atomic E-state index is 0.0761. The van der Waals surface area contributed by atoms with Gasteiger partial charge in [-0.3, -0.25) is 9.59 Å². The summed E-state index contributed by atoms with van der Waals surface area (Å²) in [5.41, 5.74) is 6.13. The van der Waals surface area contributed by atoms with Crippen molar-refractivity contribution < 1.29 is 9.59 Å². The van der Waals surface area contributed by atoms with Crippen molar-refractivity contribution in [3.05, 3.63) is 18.4 Å². The minimum Gasteiger partial charge on any atom is -0.395 e. The van der Waals surface area contributed by atoms with Gasteiger partial charge in [-0.05, 0) is 51.6 Å². The fourth-order valence-electron chi connectivity index (χ4n) is 1.03. The lowest BCUT2D eigenvalue weighted by Gasteiger charge is -2.14. The number of ketones is 2. The van der Waals surface area contributed by atoms with Gasteiger partial charge >= 0.3 is 0 Å². The number of hydrogen-bond donors (Lipinski definition) is 1. The molecule has 0 amide bonds. The predicted molar refractivity (Wildman–Crippen MR) is 66.6 cm³/mol. The lowest BCUT2D eigenvalue weighted by molar-refractivity contribution is -0.115. The monoisotopic (exact) mass is 403 g/mol. The minimum atomic E-state index is -0.221. The molecule has 0 aromatic heterocycles. The lowest BCUT2D eigenvalue weighted by atomic mass is 10.00. The third-order valence-electron chi connectivity index (χ3n) is 1.77. The summed E-state index contributed by atoms with van der Waals surface area (Å²) in [6.45, 7) is 1.85. The Morgan fingerprint density at radius 1 is 1.15 bits per heavy atom. The molecule has 0 aliphatic heterocycles. The van der Waals surface area contributed by atoms with Crippen molar-refractivity contribution >= 4 is 56.7 Å². The summed E-state index contributed by atoms with van der Waals surface area (Å²) in [5, 5.41) is 0. The van der Waals surface area contributed by atoms with E-state index in [-0.39, 0.29) is 17.3 Å². The Balaban J connectivity index is 3.29. The third-order valence-corrected chi connectivity index (χ3v) is 3.98. The molecular weight excluding hydrogens is 396 g/mol. The molecule has 0 radical (unpaired) electrons. The van der Waals surface area contributed by atoms with Gasteiger partial charge in [0, 0.05) is 5.57 Å². The van der Waals surface area contributed by atoms with E-state index >= 15 is 0 Å². The van der Waals surface area contributed by atoms with E-state index in [2.05, 4.69) is 0 Å². The zero-order valence-electron chi connectivity index (χ0n) is 6.86. The van der Waals surface area contributed by atoms with Gasteiger partial charge in [0.25, 0.3) is 0 Å². The van der Waals surface area contributed by atoms with Crippen molar-refractivity contribution in [3.63, 3.8) is 0 Å². The number of rotatable bonds is 1. The Morgan fingerprint density at radius 3 is 2.15 bits per heavy atom. The van der Waals surface area contributed by atoms with E-state index in [1.807, 2.05) is 52.1 Å². The number of carbonyl (C=O) groups excluding carboxylic acids is 2. The largest absolute Gasteiger partial charge is 0.395 e. The van der Waals surface area contributed by atoms with E-state index in [1.54, 1.807) is 0 Å². The molecule has 0 aromatic carbocycles. The Morgan fingerprint density at radius 2 is 1.69 bits per heavy atom. The summed E-state index contributed by atoms with van der Waals surface area (Å²) >= 11 is 3.70. The smallest absolute Gasteiger partial charge is 0.216 e. The van der Waals surface area contributed by atoms with E-state index < -0.39 is 0 Å². The van der Waals surface area contributed by atoms with Crippen LogP contribution in [-0.2, 0) is 9.59 Å². The van der Waals surface area contributed by atoms with Gasteiger partial charge in [-0.15, -0.1) is 0 Å². The van der Waals surface area contributed by atoms with Crippen LogP contribution in [0.4, 0.5) is 0 Å². The summed E-state index contributed by atoms with van der Waals surface area (Å²) in [6, 6.07) is 0. The average molecular weight is 403 g/mol. The molecule has 70 valence electrons. The van der Waals surface area contributed by atoms with Crippen molar-refractivity contribution in [3.8, 4) is 0 Å². The van der Waals surface area contributed by atoms with Crippen LogP contribution in [0.2, 0.25) is 0 Å². The summed E-state index contributed by atoms with van der Waals surface area (Å²) in [4.78, 5) is 23.0. The first kappa shape index (κ1) is 11.2. The Bertz CT molecular complexity index is 355. The molecule has 0 heterocycles. The highest BCUT2D eigenvalue weighted by Crippen LogP contribution is 2.31. The van der Waals surface area contributed by atoms with Crippen LogP contribution in [0.5, 0.6) is 0 Å². The van der Waals surface area contributed by atoms with Crippen molar-refractivity contribution in [2.75, 3.05) is 0 Å². The molecule has 0 bridgehead atoms. The highest BCUT2D eigenvalue weighted by Gasteiger charge is 2.29. The van der Waals surface area contributed by atoms with Gasteiger partial charge in [0.15, 0.2) is 5.78 Å². The second-order valence-electron chi connectivity index (χ2n) is 2.53. The zero-order valence-corrected chi connectivity index (χ0v) is 11.2. The molecule has 2 N–H and O–H groups in total. The first-order valence-electron chi connectivity index (χ1n) is 3.64. The molecule has 3 nitrogen and oxygen atoms in total. The van der Waals surface area contributed by atoms with E-state index in [0.717, 1.165) is 0 Å². The van der Waals surface area contributed by atoms with E-state index in [1.165, 1.54) is 0 Å². The molecule has 1 rings (SSSR count). The number of hydrogen-bond acceptors (Lipinski definition) is 3. The maximum absolute atomic E-state index is 11.6. The molecule has 0 atom stereocenters. The fraction of sp³-hybridized carbons (Fsp3) is 0.250. The number of nitrogens with two attached hydrogens (primary N) is 1. The summed E-state index contributed by atoms with van der Waals surface area (Å²) in [6.07, 6.45) is 0.572. The Hall–Kier alpha value is 0.0800. The number of Topliss-reactive ketones (excluding diaryl/α,β-unsaturated/α-hetero) is 2. The van der Waals surface area contributed by atoms with Gasteiger partial charge in [0.1, 0.15) is 0 Å². The van der Waals surface area contributed by atoms with Crippen LogP contribution in [0.3, 0.4) is 0 Å². The summed E-state index contributed by atoms with van der Waals surface area (Å²) in [5.74, 6) is -0.328. The topological polar surface area (TPSA) is 60.2 Å². The molecular formula is C8H7I2NO2. The molecule has 0 saturated heterocycles. The number of allylic oxidation sites excluding steroid dienone is 3. The molecule has 13 heavy (non-hydrogen) atoms. The molecule has 0 unspecified atom stereocenters.